The number of piperazine rings is 1. The van der Waals surface area contributed by atoms with Crippen molar-refractivity contribution in [3.8, 4) is 10.6 Å². The standard InChI is InChI=1S/C19H22N6O2S/c1-3-20-17-12-18(22-13(2)21-17)24-6-8-25(9-7-24)19(26)14-11-15(27-23-14)16-5-4-10-28-16/h4-5,10-12H,3,6-9H2,1-2H3,(H,20,21,22). The van der Waals surface area contributed by atoms with Crippen molar-refractivity contribution in [3.05, 3.63) is 41.2 Å². The van der Waals surface area contributed by atoms with Crippen LogP contribution in [0.4, 0.5) is 11.6 Å². The molecule has 4 heterocycles. The predicted octanol–water partition coefficient (Wildman–Crippen LogP) is 2.90. The van der Waals surface area contributed by atoms with E-state index < -0.39 is 0 Å². The molecular formula is C19H22N6O2S. The topological polar surface area (TPSA) is 87.4 Å². The number of hydrogen-bond acceptors (Lipinski definition) is 8. The number of nitrogens with zero attached hydrogens (tertiary/aromatic N) is 5. The fourth-order valence-electron chi connectivity index (χ4n) is 3.20. The summed E-state index contributed by atoms with van der Waals surface area (Å²) in [5.41, 5.74) is 0.351. The highest BCUT2D eigenvalue weighted by atomic mass is 32.1. The molecule has 1 aliphatic rings. The zero-order valence-electron chi connectivity index (χ0n) is 15.9. The molecular weight excluding hydrogens is 376 g/mol. The summed E-state index contributed by atoms with van der Waals surface area (Å²) in [4.78, 5) is 26.7. The molecule has 0 spiro atoms. The molecule has 0 atom stereocenters. The van der Waals surface area contributed by atoms with Crippen LogP contribution in [0.2, 0.25) is 0 Å². The molecule has 0 bridgehead atoms. The molecule has 3 aromatic heterocycles. The molecule has 0 saturated carbocycles. The van der Waals surface area contributed by atoms with Gasteiger partial charge in [0.25, 0.3) is 5.91 Å². The summed E-state index contributed by atoms with van der Waals surface area (Å²) in [7, 11) is 0. The third-order valence-corrected chi connectivity index (χ3v) is 5.45. The largest absolute Gasteiger partial charge is 0.370 e. The molecule has 4 rings (SSSR count). The summed E-state index contributed by atoms with van der Waals surface area (Å²) in [5.74, 6) is 2.97. The highest BCUT2D eigenvalue weighted by Crippen LogP contribution is 2.26. The van der Waals surface area contributed by atoms with Gasteiger partial charge in [-0.25, -0.2) is 9.97 Å². The van der Waals surface area contributed by atoms with Gasteiger partial charge < -0.3 is 19.6 Å². The Balaban J connectivity index is 1.41. The Morgan fingerprint density at radius 2 is 2.07 bits per heavy atom. The first-order valence-corrected chi connectivity index (χ1v) is 10.2. The molecule has 0 unspecified atom stereocenters. The number of rotatable bonds is 5. The fourth-order valence-corrected chi connectivity index (χ4v) is 3.87. The van der Waals surface area contributed by atoms with Gasteiger partial charge in [0.2, 0.25) is 0 Å². The average Bonchev–Trinajstić information content (AvgIpc) is 3.39. The van der Waals surface area contributed by atoms with Crippen LogP contribution < -0.4 is 10.2 Å². The van der Waals surface area contributed by atoms with E-state index in [1.54, 1.807) is 17.4 Å². The van der Waals surface area contributed by atoms with Crippen LogP contribution in [0.15, 0.2) is 34.2 Å². The van der Waals surface area contributed by atoms with E-state index in [1.807, 2.05) is 42.3 Å². The number of carbonyl (C=O) groups is 1. The second kappa shape index (κ2) is 7.97. The molecule has 8 nitrogen and oxygen atoms in total. The molecule has 146 valence electrons. The maximum absolute atomic E-state index is 12.8. The lowest BCUT2D eigenvalue weighted by Gasteiger charge is -2.35. The quantitative estimate of drug-likeness (QED) is 0.707. The number of amides is 1. The van der Waals surface area contributed by atoms with E-state index in [-0.39, 0.29) is 5.91 Å². The van der Waals surface area contributed by atoms with Crippen LogP contribution in [-0.2, 0) is 0 Å². The van der Waals surface area contributed by atoms with Gasteiger partial charge in [0, 0.05) is 44.9 Å². The highest BCUT2D eigenvalue weighted by molar-refractivity contribution is 7.13. The Morgan fingerprint density at radius 1 is 1.25 bits per heavy atom. The Kier molecular flexibility index (Phi) is 5.25. The van der Waals surface area contributed by atoms with Gasteiger partial charge in [0.1, 0.15) is 17.5 Å². The van der Waals surface area contributed by atoms with Crippen molar-refractivity contribution in [2.75, 3.05) is 42.9 Å². The monoisotopic (exact) mass is 398 g/mol. The third kappa shape index (κ3) is 3.84. The number of anilines is 2. The Morgan fingerprint density at radius 3 is 2.79 bits per heavy atom. The number of thiophene rings is 1. The van der Waals surface area contributed by atoms with Gasteiger partial charge in [-0.05, 0) is 25.3 Å². The van der Waals surface area contributed by atoms with Crippen molar-refractivity contribution in [1.82, 2.24) is 20.0 Å². The summed E-state index contributed by atoms with van der Waals surface area (Å²) < 4.78 is 5.34. The van der Waals surface area contributed by atoms with Gasteiger partial charge in [-0.1, -0.05) is 11.2 Å². The van der Waals surface area contributed by atoms with E-state index in [0.717, 1.165) is 28.9 Å². The Bertz CT molecular complexity index is 947. The molecule has 0 aliphatic carbocycles. The summed E-state index contributed by atoms with van der Waals surface area (Å²) >= 11 is 1.56. The van der Waals surface area contributed by atoms with Crippen LogP contribution in [0.3, 0.4) is 0 Å². The Labute approximate surface area is 167 Å². The average molecular weight is 398 g/mol. The van der Waals surface area contributed by atoms with Gasteiger partial charge in [0.15, 0.2) is 11.5 Å². The minimum Gasteiger partial charge on any atom is -0.370 e. The van der Waals surface area contributed by atoms with Crippen molar-refractivity contribution in [2.24, 2.45) is 0 Å². The number of aromatic nitrogens is 3. The van der Waals surface area contributed by atoms with Crippen LogP contribution in [0.5, 0.6) is 0 Å². The number of nitrogens with one attached hydrogen (secondary N) is 1. The molecule has 1 aliphatic heterocycles. The zero-order chi connectivity index (χ0) is 19.5. The molecule has 1 fully saturated rings. The van der Waals surface area contributed by atoms with E-state index in [2.05, 4.69) is 25.3 Å². The molecule has 0 aromatic carbocycles. The number of hydrogen-bond donors (Lipinski definition) is 1. The van der Waals surface area contributed by atoms with Gasteiger partial charge in [-0.2, -0.15) is 0 Å². The normalized spacial score (nSPS) is 14.4. The van der Waals surface area contributed by atoms with Crippen LogP contribution >= 0.6 is 11.3 Å². The van der Waals surface area contributed by atoms with E-state index in [0.29, 0.717) is 37.6 Å². The number of aryl methyl sites for hydroxylation is 1. The van der Waals surface area contributed by atoms with E-state index >= 15 is 0 Å². The Hall–Kier alpha value is -2.94. The van der Waals surface area contributed by atoms with Crippen LogP contribution in [-0.4, -0.2) is 58.7 Å². The van der Waals surface area contributed by atoms with Crippen molar-refractivity contribution < 1.29 is 9.32 Å². The SMILES string of the molecule is CCNc1cc(N2CCN(C(=O)c3cc(-c4cccs4)on3)CC2)nc(C)n1. The van der Waals surface area contributed by atoms with Gasteiger partial charge in [-0.3, -0.25) is 4.79 Å². The smallest absolute Gasteiger partial charge is 0.276 e. The van der Waals surface area contributed by atoms with E-state index in [1.165, 1.54) is 0 Å². The lowest BCUT2D eigenvalue weighted by molar-refractivity contribution is 0.0736. The summed E-state index contributed by atoms with van der Waals surface area (Å²) in [6.07, 6.45) is 0. The van der Waals surface area contributed by atoms with Crippen LogP contribution in [0.25, 0.3) is 10.6 Å². The molecule has 1 N–H and O–H groups in total. The molecule has 0 radical (unpaired) electrons. The molecule has 1 saturated heterocycles. The summed E-state index contributed by atoms with van der Waals surface area (Å²) in [6.45, 7) is 7.38. The minimum absolute atomic E-state index is 0.0987. The van der Waals surface area contributed by atoms with Crippen LogP contribution in [0, 0.1) is 6.92 Å². The first-order valence-electron chi connectivity index (χ1n) is 9.28. The van der Waals surface area contributed by atoms with E-state index in [9.17, 15) is 4.79 Å². The first kappa shape index (κ1) is 18.4. The van der Waals surface area contributed by atoms with Crippen LogP contribution in [0.1, 0.15) is 23.2 Å². The fraction of sp³-hybridized carbons (Fsp3) is 0.368. The van der Waals surface area contributed by atoms with Gasteiger partial charge in [0.05, 0.1) is 4.88 Å². The summed E-state index contributed by atoms with van der Waals surface area (Å²) in [6, 6.07) is 7.57. The molecule has 3 aromatic rings. The zero-order valence-corrected chi connectivity index (χ0v) is 16.7. The predicted molar refractivity (Wildman–Crippen MR) is 109 cm³/mol. The lowest BCUT2D eigenvalue weighted by Crippen LogP contribution is -2.49. The molecule has 28 heavy (non-hydrogen) atoms. The van der Waals surface area contributed by atoms with Crippen molar-refractivity contribution in [1.29, 1.82) is 0 Å². The maximum atomic E-state index is 12.8. The van der Waals surface area contributed by atoms with Crippen molar-refractivity contribution in [3.63, 3.8) is 0 Å². The highest BCUT2D eigenvalue weighted by Gasteiger charge is 2.25. The second-order valence-electron chi connectivity index (χ2n) is 6.52. The summed E-state index contributed by atoms with van der Waals surface area (Å²) in [5, 5.41) is 9.16. The molecule has 1 amide bonds. The molecule has 9 heteroatoms. The third-order valence-electron chi connectivity index (χ3n) is 4.57. The second-order valence-corrected chi connectivity index (χ2v) is 7.47. The van der Waals surface area contributed by atoms with Gasteiger partial charge >= 0.3 is 0 Å². The van der Waals surface area contributed by atoms with Crippen molar-refractivity contribution >= 4 is 28.9 Å². The van der Waals surface area contributed by atoms with Gasteiger partial charge in [-0.15, -0.1) is 11.3 Å². The number of carbonyl (C=O) groups excluding carboxylic acids is 1. The van der Waals surface area contributed by atoms with E-state index in [4.69, 9.17) is 4.52 Å². The van der Waals surface area contributed by atoms with Crippen molar-refractivity contribution in [2.45, 2.75) is 13.8 Å². The maximum Gasteiger partial charge on any atom is 0.276 e. The first-order chi connectivity index (χ1) is 13.6. The lowest BCUT2D eigenvalue weighted by atomic mass is 10.2. The minimum atomic E-state index is -0.0987.